The van der Waals surface area contributed by atoms with Gasteiger partial charge in [-0.05, 0) is 61.0 Å². The molecule has 0 aromatic heterocycles. The number of halogens is 1. The molecule has 1 aliphatic rings. The number of nitrogens with zero attached hydrogens (tertiary/aromatic N) is 1. The van der Waals surface area contributed by atoms with Gasteiger partial charge in [-0.3, -0.25) is 14.9 Å². The third-order valence-corrected chi connectivity index (χ3v) is 5.85. The molecule has 1 N–H and O–H groups in total. The van der Waals surface area contributed by atoms with Crippen LogP contribution in [0.15, 0.2) is 85.0 Å². The van der Waals surface area contributed by atoms with Crippen LogP contribution in [-0.4, -0.2) is 31.1 Å². The Morgan fingerprint density at radius 3 is 2.42 bits per heavy atom. The third kappa shape index (κ3) is 6.04. The minimum Gasteiger partial charge on any atom is -0.490 e. The number of anilines is 1. The van der Waals surface area contributed by atoms with Gasteiger partial charge in [0.2, 0.25) is 0 Å². The molecule has 1 fully saturated rings. The molecule has 0 aliphatic carbocycles. The lowest BCUT2D eigenvalue weighted by atomic mass is 10.1. The number of nitrogens with one attached hydrogen (secondary N) is 1. The molecule has 0 spiro atoms. The number of benzene rings is 3. The standard InChI is InChI=1S/C29H25ClN2O6/c1-3-15-37-25-14-9-19(17-26(25)36-4-2)16-23-27(33)31-29(35)32(28(23)34)21-10-12-22(13-11-21)38-18-20-7-5-6-8-24(20)30/h3,5-14,16-17H,1,4,15,18H2,2H3,(H,31,33,35)/b23-16+. The monoisotopic (exact) mass is 532 g/mol. The molecule has 0 radical (unpaired) electrons. The van der Waals surface area contributed by atoms with Crippen molar-refractivity contribution in [3.63, 3.8) is 0 Å². The summed E-state index contributed by atoms with van der Waals surface area (Å²) in [4.78, 5) is 39.3. The summed E-state index contributed by atoms with van der Waals surface area (Å²) >= 11 is 6.17. The molecular formula is C29H25ClN2O6. The molecule has 38 heavy (non-hydrogen) atoms. The van der Waals surface area contributed by atoms with Gasteiger partial charge < -0.3 is 14.2 Å². The van der Waals surface area contributed by atoms with Crippen LogP contribution in [0.25, 0.3) is 6.08 Å². The van der Waals surface area contributed by atoms with Gasteiger partial charge in [-0.2, -0.15) is 0 Å². The maximum Gasteiger partial charge on any atom is 0.335 e. The fourth-order valence-corrected chi connectivity index (χ4v) is 3.87. The number of urea groups is 1. The minimum absolute atomic E-state index is 0.203. The first-order valence-electron chi connectivity index (χ1n) is 11.8. The van der Waals surface area contributed by atoms with Crippen LogP contribution in [0.5, 0.6) is 17.2 Å². The first-order valence-corrected chi connectivity index (χ1v) is 12.2. The molecule has 1 aliphatic heterocycles. The largest absolute Gasteiger partial charge is 0.490 e. The van der Waals surface area contributed by atoms with Crippen molar-refractivity contribution in [1.29, 1.82) is 0 Å². The van der Waals surface area contributed by atoms with Gasteiger partial charge in [-0.15, -0.1) is 0 Å². The molecular weight excluding hydrogens is 508 g/mol. The number of ether oxygens (including phenoxy) is 3. The molecule has 0 atom stereocenters. The first-order chi connectivity index (χ1) is 18.4. The van der Waals surface area contributed by atoms with E-state index in [0.717, 1.165) is 10.5 Å². The molecule has 1 heterocycles. The molecule has 8 nitrogen and oxygen atoms in total. The molecule has 0 saturated carbocycles. The second kappa shape index (κ2) is 12.1. The number of imide groups is 2. The maximum atomic E-state index is 13.3. The molecule has 194 valence electrons. The van der Waals surface area contributed by atoms with Crippen molar-refractivity contribution in [2.45, 2.75) is 13.5 Å². The van der Waals surface area contributed by atoms with Crippen LogP contribution in [0.1, 0.15) is 18.1 Å². The summed E-state index contributed by atoms with van der Waals surface area (Å²) in [6, 6.07) is 17.9. The number of carbonyl (C=O) groups is 3. The molecule has 4 rings (SSSR count). The summed E-state index contributed by atoms with van der Waals surface area (Å²) in [5, 5.41) is 2.81. The second-order valence-electron chi connectivity index (χ2n) is 8.07. The van der Waals surface area contributed by atoms with Crippen LogP contribution >= 0.6 is 11.6 Å². The van der Waals surface area contributed by atoms with E-state index >= 15 is 0 Å². The van der Waals surface area contributed by atoms with Gasteiger partial charge in [0.15, 0.2) is 11.5 Å². The predicted octanol–water partition coefficient (Wildman–Crippen LogP) is 5.55. The van der Waals surface area contributed by atoms with E-state index in [1.54, 1.807) is 54.6 Å². The van der Waals surface area contributed by atoms with Crippen LogP contribution in [0, 0.1) is 0 Å². The Hall–Kier alpha value is -4.56. The zero-order chi connectivity index (χ0) is 27.1. The van der Waals surface area contributed by atoms with Crippen molar-refractivity contribution >= 4 is 41.2 Å². The van der Waals surface area contributed by atoms with Crippen molar-refractivity contribution in [2.75, 3.05) is 18.1 Å². The number of barbiturate groups is 1. The van der Waals surface area contributed by atoms with E-state index in [9.17, 15) is 14.4 Å². The highest BCUT2D eigenvalue weighted by Crippen LogP contribution is 2.31. The number of amides is 4. The van der Waals surface area contributed by atoms with E-state index in [4.69, 9.17) is 25.8 Å². The van der Waals surface area contributed by atoms with Crippen molar-refractivity contribution < 1.29 is 28.6 Å². The number of rotatable bonds is 10. The average Bonchev–Trinajstić information content (AvgIpc) is 2.91. The van der Waals surface area contributed by atoms with E-state index in [-0.39, 0.29) is 17.9 Å². The van der Waals surface area contributed by atoms with Gasteiger partial charge in [0.05, 0.1) is 12.3 Å². The summed E-state index contributed by atoms with van der Waals surface area (Å²) < 4.78 is 17.0. The van der Waals surface area contributed by atoms with Gasteiger partial charge in [-0.25, -0.2) is 9.69 Å². The van der Waals surface area contributed by atoms with E-state index in [2.05, 4.69) is 11.9 Å². The van der Waals surface area contributed by atoms with E-state index in [0.29, 0.717) is 41.0 Å². The minimum atomic E-state index is -0.843. The highest BCUT2D eigenvalue weighted by molar-refractivity contribution is 6.39. The lowest BCUT2D eigenvalue weighted by Gasteiger charge is -2.26. The smallest absolute Gasteiger partial charge is 0.335 e. The summed E-state index contributed by atoms with van der Waals surface area (Å²) in [5.74, 6) is -0.0726. The Bertz CT molecular complexity index is 1400. The highest BCUT2D eigenvalue weighted by Gasteiger charge is 2.36. The number of carbonyl (C=O) groups excluding carboxylic acids is 3. The molecule has 4 amide bonds. The third-order valence-electron chi connectivity index (χ3n) is 5.48. The molecule has 1 saturated heterocycles. The fraction of sp³-hybridized carbons (Fsp3) is 0.138. The molecule has 0 unspecified atom stereocenters. The van der Waals surface area contributed by atoms with Gasteiger partial charge in [0.25, 0.3) is 11.8 Å². The van der Waals surface area contributed by atoms with E-state index < -0.39 is 17.8 Å². The summed E-state index contributed by atoms with van der Waals surface area (Å²) in [5.41, 5.74) is 1.42. The van der Waals surface area contributed by atoms with Gasteiger partial charge in [-0.1, -0.05) is 48.5 Å². The number of hydrogen-bond donors (Lipinski definition) is 1. The van der Waals surface area contributed by atoms with E-state index in [1.807, 2.05) is 25.1 Å². The fourth-order valence-electron chi connectivity index (χ4n) is 3.68. The van der Waals surface area contributed by atoms with Gasteiger partial charge >= 0.3 is 6.03 Å². The van der Waals surface area contributed by atoms with Crippen LogP contribution in [-0.2, 0) is 16.2 Å². The summed E-state index contributed by atoms with van der Waals surface area (Å²) in [6.07, 6.45) is 3.01. The van der Waals surface area contributed by atoms with Crippen LogP contribution < -0.4 is 24.4 Å². The highest BCUT2D eigenvalue weighted by atomic mass is 35.5. The van der Waals surface area contributed by atoms with Gasteiger partial charge in [0, 0.05) is 10.6 Å². The Labute approximate surface area is 225 Å². The van der Waals surface area contributed by atoms with Crippen LogP contribution in [0.3, 0.4) is 0 Å². The first kappa shape index (κ1) is 26.5. The average molecular weight is 533 g/mol. The Balaban J connectivity index is 1.54. The second-order valence-corrected chi connectivity index (χ2v) is 8.48. The molecule has 9 heteroatoms. The van der Waals surface area contributed by atoms with E-state index in [1.165, 1.54) is 6.08 Å². The molecule has 0 bridgehead atoms. The Morgan fingerprint density at radius 2 is 1.71 bits per heavy atom. The Morgan fingerprint density at radius 1 is 0.947 bits per heavy atom. The van der Waals surface area contributed by atoms with Crippen molar-refractivity contribution in [1.82, 2.24) is 5.32 Å². The SMILES string of the molecule is C=CCOc1ccc(/C=C2\C(=O)NC(=O)N(c3ccc(OCc4ccccc4Cl)cc3)C2=O)cc1OCC. The zero-order valence-corrected chi connectivity index (χ0v) is 21.4. The summed E-state index contributed by atoms with van der Waals surface area (Å²) in [6.45, 7) is 6.40. The van der Waals surface area contributed by atoms with Crippen molar-refractivity contribution in [2.24, 2.45) is 0 Å². The summed E-state index contributed by atoms with van der Waals surface area (Å²) in [7, 11) is 0. The Kier molecular flexibility index (Phi) is 8.45. The normalized spacial score (nSPS) is 14.3. The number of hydrogen-bond acceptors (Lipinski definition) is 6. The quantitative estimate of drug-likeness (QED) is 0.209. The van der Waals surface area contributed by atoms with Crippen molar-refractivity contribution in [3.8, 4) is 17.2 Å². The van der Waals surface area contributed by atoms with Crippen LogP contribution in [0.2, 0.25) is 5.02 Å². The lowest BCUT2D eigenvalue weighted by molar-refractivity contribution is -0.122. The van der Waals surface area contributed by atoms with Crippen LogP contribution in [0.4, 0.5) is 10.5 Å². The van der Waals surface area contributed by atoms with Crippen molar-refractivity contribution in [3.05, 3.63) is 101 Å². The topological polar surface area (TPSA) is 94.2 Å². The lowest BCUT2D eigenvalue weighted by Crippen LogP contribution is -2.54. The molecule has 3 aromatic rings. The zero-order valence-electron chi connectivity index (χ0n) is 20.6. The molecule has 3 aromatic carbocycles. The maximum absolute atomic E-state index is 13.3. The predicted molar refractivity (Wildman–Crippen MR) is 145 cm³/mol. The van der Waals surface area contributed by atoms with Gasteiger partial charge in [0.1, 0.15) is 24.5 Å².